The van der Waals surface area contributed by atoms with Gasteiger partial charge in [-0.25, -0.2) is 0 Å². The van der Waals surface area contributed by atoms with Crippen LogP contribution < -0.4 is 5.32 Å². The fraction of sp³-hybridized carbons (Fsp3) is 0.200. The quantitative estimate of drug-likeness (QED) is 0.864. The van der Waals surface area contributed by atoms with E-state index >= 15 is 0 Å². The Morgan fingerprint density at radius 1 is 1.16 bits per heavy atom. The lowest BCUT2D eigenvalue weighted by atomic mass is 10.1. The molecule has 19 heavy (non-hydrogen) atoms. The van der Waals surface area contributed by atoms with Gasteiger partial charge in [0, 0.05) is 22.6 Å². The third-order valence-electron chi connectivity index (χ3n) is 2.85. The molecule has 0 radical (unpaired) electrons. The third kappa shape index (κ3) is 4.32. The van der Waals surface area contributed by atoms with E-state index in [1.54, 1.807) is 0 Å². The smallest absolute Gasteiger partial charge is 0.0914 e. The summed E-state index contributed by atoms with van der Waals surface area (Å²) in [6.45, 7) is 1.13. The SMILES string of the molecule is OC(CNCc1ccc(Br)cc1Cl)c1ccccc1. The van der Waals surface area contributed by atoms with Gasteiger partial charge in [-0.2, -0.15) is 0 Å². The number of nitrogens with one attached hydrogen (secondary N) is 1. The van der Waals surface area contributed by atoms with Crippen molar-refractivity contribution in [3.05, 3.63) is 69.2 Å². The zero-order chi connectivity index (χ0) is 13.7. The molecule has 0 saturated heterocycles. The molecule has 2 aromatic rings. The molecule has 0 aliphatic heterocycles. The number of hydrogen-bond donors (Lipinski definition) is 2. The summed E-state index contributed by atoms with van der Waals surface area (Å²) in [5.41, 5.74) is 1.93. The fourth-order valence-corrected chi connectivity index (χ4v) is 2.54. The molecule has 2 nitrogen and oxygen atoms in total. The molecule has 2 aromatic carbocycles. The molecule has 2 N–H and O–H groups in total. The number of rotatable bonds is 5. The van der Waals surface area contributed by atoms with Crippen LogP contribution in [0.25, 0.3) is 0 Å². The van der Waals surface area contributed by atoms with Crippen LogP contribution in [-0.2, 0) is 6.54 Å². The van der Waals surface area contributed by atoms with E-state index in [1.165, 1.54) is 0 Å². The summed E-state index contributed by atoms with van der Waals surface area (Å²) < 4.78 is 0.963. The van der Waals surface area contributed by atoms with Gasteiger partial charge in [0.2, 0.25) is 0 Å². The number of aliphatic hydroxyl groups is 1. The van der Waals surface area contributed by atoms with Crippen LogP contribution in [-0.4, -0.2) is 11.7 Å². The molecule has 0 aromatic heterocycles. The molecule has 100 valence electrons. The van der Waals surface area contributed by atoms with E-state index < -0.39 is 6.10 Å². The summed E-state index contributed by atoms with van der Waals surface area (Å²) in [5, 5.41) is 13.9. The monoisotopic (exact) mass is 339 g/mol. The van der Waals surface area contributed by atoms with Crippen molar-refractivity contribution in [3.8, 4) is 0 Å². The average molecular weight is 341 g/mol. The molecular weight excluding hydrogens is 326 g/mol. The van der Waals surface area contributed by atoms with E-state index in [-0.39, 0.29) is 0 Å². The van der Waals surface area contributed by atoms with Crippen LogP contribution in [0.4, 0.5) is 0 Å². The highest BCUT2D eigenvalue weighted by molar-refractivity contribution is 9.10. The van der Waals surface area contributed by atoms with Crippen molar-refractivity contribution in [3.63, 3.8) is 0 Å². The van der Waals surface area contributed by atoms with Gasteiger partial charge in [-0.1, -0.05) is 63.9 Å². The van der Waals surface area contributed by atoms with Gasteiger partial charge in [0.25, 0.3) is 0 Å². The maximum Gasteiger partial charge on any atom is 0.0914 e. The molecule has 0 amide bonds. The van der Waals surface area contributed by atoms with E-state index in [0.29, 0.717) is 13.1 Å². The summed E-state index contributed by atoms with van der Waals surface area (Å²) in [5.74, 6) is 0. The summed E-state index contributed by atoms with van der Waals surface area (Å²) in [6, 6.07) is 15.4. The number of halogens is 2. The molecule has 1 atom stereocenters. The van der Waals surface area contributed by atoms with E-state index in [1.807, 2.05) is 48.5 Å². The average Bonchev–Trinajstić information content (AvgIpc) is 2.42. The fourth-order valence-electron chi connectivity index (χ4n) is 1.80. The zero-order valence-electron chi connectivity index (χ0n) is 10.3. The molecule has 0 bridgehead atoms. The first-order chi connectivity index (χ1) is 9.16. The van der Waals surface area contributed by atoms with Crippen LogP contribution in [0, 0.1) is 0 Å². The lowest BCUT2D eigenvalue weighted by Gasteiger charge is -2.12. The maximum absolute atomic E-state index is 10.0. The van der Waals surface area contributed by atoms with Crippen LogP contribution >= 0.6 is 27.5 Å². The minimum absolute atomic E-state index is 0.496. The Bertz CT molecular complexity index is 533. The number of hydrogen-bond acceptors (Lipinski definition) is 2. The lowest BCUT2D eigenvalue weighted by Crippen LogP contribution is -2.21. The van der Waals surface area contributed by atoms with Gasteiger partial charge in [0.1, 0.15) is 0 Å². The van der Waals surface area contributed by atoms with E-state index in [4.69, 9.17) is 11.6 Å². The third-order valence-corrected chi connectivity index (χ3v) is 3.70. The molecule has 0 aliphatic carbocycles. The van der Waals surface area contributed by atoms with Crippen LogP contribution in [0.2, 0.25) is 5.02 Å². The van der Waals surface area contributed by atoms with Crippen LogP contribution in [0.3, 0.4) is 0 Å². The normalized spacial score (nSPS) is 12.4. The van der Waals surface area contributed by atoms with Crippen molar-refractivity contribution < 1.29 is 5.11 Å². The molecular formula is C15H15BrClNO. The molecule has 4 heteroatoms. The maximum atomic E-state index is 10.0. The second-order valence-corrected chi connectivity index (χ2v) is 5.62. The van der Waals surface area contributed by atoms with E-state index in [2.05, 4.69) is 21.2 Å². The topological polar surface area (TPSA) is 32.3 Å². The molecule has 0 aliphatic rings. The first-order valence-corrected chi connectivity index (χ1v) is 7.21. The van der Waals surface area contributed by atoms with Gasteiger partial charge in [-0.3, -0.25) is 0 Å². The van der Waals surface area contributed by atoms with Crippen molar-refractivity contribution in [1.29, 1.82) is 0 Å². The Balaban J connectivity index is 1.86. The van der Waals surface area contributed by atoms with E-state index in [9.17, 15) is 5.11 Å². The molecule has 0 heterocycles. The van der Waals surface area contributed by atoms with Crippen molar-refractivity contribution in [2.45, 2.75) is 12.6 Å². The van der Waals surface area contributed by atoms with Gasteiger partial charge >= 0.3 is 0 Å². The Kier molecular flexibility index (Phi) is 5.40. The Morgan fingerprint density at radius 2 is 1.89 bits per heavy atom. The molecule has 2 rings (SSSR count). The summed E-state index contributed by atoms with van der Waals surface area (Å²) in [4.78, 5) is 0. The summed E-state index contributed by atoms with van der Waals surface area (Å²) in [7, 11) is 0. The first-order valence-electron chi connectivity index (χ1n) is 6.04. The van der Waals surface area contributed by atoms with Gasteiger partial charge < -0.3 is 10.4 Å². The van der Waals surface area contributed by atoms with Crippen molar-refractivity contribution in [2.75, 3.05) is 6.54 Å². The van der Waals surface area contributed by atoms with E-state index in [0.717, 1.165) is 20.6 Å². The molecule has 1 unspecified atom stereocenters. The van der Waals surface area contributed by atoms with Crippen LogP contribution in [0.15, 0.2) is 53.0 Å². The Hall–Kier alpha value is -0.870. The van der Waals surface area contributed by atoms with Crippen LogP contribution in [0.5, 0.6) is 0 Å². The van der Waals surface area contributed by atoms with Crippen molar-refractivity contribution >= 4 is 27.5 Å². The first kappa shape index (κ1) is 14.5. The largest absolute Gasteiger partial charge is 0.387 e. The molecule has 0 saturated carbocycles. The minimum Gasteiger partial charge on any atom is -0.387 e. The standard InChI is InChI=1S/C15H15BrClNO/c16-13-7-6-12(14(17)8-13)9-18-10-15(19)11-4-2-1-3-5-11/h1-8,15,18-19H,9-10H2. The van der Waals surface area contributed by atoms with Gasteiger partial charge in [-0.05, 0) is 23.3 Å². The predicted molar refractivity (Wildman–Crippen MR) is 82.3 cm³/mol. The highest BCUT2D eigenvalue weighted by atomic mass is 79.9. The van der Waals surface area contributed by atoms with Crippen molar-refractivity contribution in [2.24, 2.45) is 0 Å². The van der Waals surface area contributed by atoms with Crippen molar-refractivity contribution in [1.82, 2.24) is 5.32 Å². The lowest BCUT2D eigenvalue weighted by molar-refractivity contribution is 0.174. The predicted octanol–water partition coefficient (Wildman–Crippen LogP) is 3.93. The number of aliphatic hydroxyl groups excluding tert-OH is 1. The second kappa shape index (κ2) is 7.06. The molecule has 0 spiro atoms. The highest BCUT2D eigenvalue weighted by Gasteiger charge is 2.07. The Morgan fingerprint density at radius 3 is 2.58 bits per heavy atom. The second-order valence-electron chi connectivity index (χ2n) is 4.29. The summed E-state index contributed by atoms with van der Waals surface area (Å²) in [6.07, 6.45) is -0.504. The van der Waals surface area contributed by atoms with Gasteiger partial charge in [-0.15, -0.1) is 0 Å². The Labute approximate surface area is 126 Å². The van der Waals surface area contributed by atoms with Gasteiger partial charge in [0.05, 0.1) is 6.10 Å². The highest BCUT2D eigenvalue weighted by Crippen LogP contribution is 2.21. The van der Waals surface area contributed by atoms with Gasteiger partial charge in [0.15, 0.2) is 0 Å². The minimum atomic E-state index is -0.504. The molecule has 0 fully saturated rings. The zero-order valence-corrected chi connectivity index (χ0v) is 12.7. The number of benzene rings is 2. The van der Waals surface area contributed by atoms with Crippen LogP contribution in [0.1, 0.15) is 17.2 Å². The summed E-state index contributed by atoms with van der Waals surface area (Å²) >= 11 is 9.50.